The lowest BCUT2D eigenvalue weighted by molar-refractivity contribution is -0.146. The molecule has 1 fully saturated rings. The Morgan fingerprint density at radius 3 is 2.26 bits per heavy atom. The van der Waals surface area contributed by atoms with E-state index in [1.54, 1.807) is 6.92 Å². The van der Waals surface area contributed by atoms with Crippen LogP contribution in [-0.2, 0) is 18.8 Å². The normalized spacial score (nSPS) is 26.0. The maximum atomic E-state index is 12.7. The Kier molecular flexibility index (Phi) is 7.32. The van der Waals surface area contributed by atoms with Crippen LogP contribution in [0.3, 0.4) is 0 Å². The molecule has 4 nitrogen and oxygen atoms in total. The van der Waals surface area contributed by atoms with Gasteiger partial charge >= 0.3 is 5.97 Å². The summed E-state index contributed by atoms with van der Waals surface area (Å²) in [7, 11) is -2.00. The van der Waals surface area contributed by atoms with E-state index in [1.807, 2.05) is 0 Å². The van der Waals surface area contributed by atoms with E-state index in [4.69, 9.17) is 9.16 Å². The number of hydrogen-bond acceptors (Lipinski definition) is 4. The number of ether oxygens (including phenoxy) is 1. The van der Waals surface area contributed by atoms with Crippen LogP contribution in [0.25, 0.3) is 0 Å². The molecule has 156 valence electrons. The van der Waals surface area contributed by atoms with Crippen molar-refractivity contribution in [3.8, 4) is 0 Å². The first kappa shape index (κ1) is 24.1. The Hall–Kier alpha value is -0.943. The van der Waals surface area contributed by atoms with Gasteiger partial charge in [-0.2, -0.15) is 0 Å². The summed E-state index contributed by atoms with van der Waals surface area (Å²) in [6.07, 6.45) is 1.94. The van der Waals surface area contributed by atoms with E-state index >= 15 is 0 Å². The molecular formula is C22H40O4Si. The lowest BCUT2D eigenvalue weighted by Crippen LogP contribution is -2.53. The van der Waals surface area contributed by atoms with Crippen LogP contribution in [0.5, 0.6) is 0 Å². The lowest BCUT2D eigenvalue weighted by Gasteiger charge is -2.53. The quantitative estimate of drug-likeness (QED) is 0.241. The molecule has 0 spiro atoms. The number of carbonyl (C=O) groups excluding carboxylic acids is 2. The molecule has 0 radical (unpaired) electrons. The fraction of sp³-hybridized carbons (Fsp3) is 0.818. The second kappa shape index (κ2) is 8.20. The smallest absolute Gasteiger partial charge is 0.313 e. The highest BCUT2D eigenvalue weighted by molar-refractivity contribution is 6.74. The van der Waals surface area contributed by atoms with Crippen LogP contribution in [0.15, 0.2) is 12.2 Å². The van der Waals surface area contributed by atoms with Crippen molar-refractivity contribution >= 4 is 20.1 Å². The maximum Gasteiger partial charge on any atom is 0.313 e. The van der Waals surface area contributed by atoms with E-state index in [1.165, 1.54) is 0 Å². The van der Waals surface area contributed by atoms with Crippen LogP contribution < -0.4 is 0 Å². The molecule has 1 aliphatic carbocycles. The van der Waals surface area contributed by atoms with Crippen molar-refractivity contribution in [2.75, 3.05) is 6.61 Å². The zero-order valence-corrected chi connectivity index (χ0v) is 20.0. The molecule has 1 saturated carbocycles. The standard InChI is InChI=1S/C22H40O4Si/c1-11-25-19(24)14-17(23)15-22(8)16(2)21(6,7)13-12-18(22)26-27(9,10)20(3,4)5/h18H,2,11-15H2,1,3-10H3/t18-,22-/m1/s1. The second-order valence-electron chi connectivity index (χ2n) is 10.4. The van der Waals surface area contributed by atoms with E-state index in [0.29, 0.717) is 6.61 Å². The van der Waals surface area contributed by atoms with Crippen LogP contribution in [0, 0.1) is 10.8 Å². The van der Waals surface area contributed by atoms with E-state index in [0.717, 1.165) is 18.4 Å². The second-order valence-corrected chi connectivity index (χ2v) is 15.1. The molecule has 0 aromatic heterocycles. The number of carbonyl (C=O) groups is 2. The first-order valence-electron chi connectivity index (χ1n) is 10.1. The Morgan fingerprint density at radius 1 is 1.22 bits per heavy atom. The summed E-state index contributed by atoms with van der Waals surface area (Å²) < 4.78 is 11.7. The van der Waals surface area contributed by atoms with Gasteiger partial charge in [0.05, 0.1) is 12.7 Å². The first-order chi connectivity index (χ1) is 12.1. The average molecular weight is 397 g/mol. The van der Waals surface area contributed by atoms with Gasteiger partial charge in [0.1, 0.15) is 12.2 Å². The van der Waals surface area contributed by atoms with E-state index < -0.39 is 19.7 Å². The summed E-state index contributed by atoms with van der Waals surface area (Å²) in [5.41, 5.74) is 0.537. The van der Waals surface area contributed by atoms with Gasteiger partial charge in [-0.1, -0.05) is 53.7 Å². The zero-order valence-electron chi connectivity index (χ0n) is 19.0. The van der Waals surface area contributed by atoms with Gasteiger partial charge in [-0.15, -0.1) is 0 Å². The van der Waals surface area contributed by atoms with E-state index in [-0.39, 0.29) is 35.2 Å². The fourth-order valence-electron chi connectivity index (χ4n) is 3.72. The predicted molar refractivity (Wildman–Crippen MR) is 113 cm³/mol. The summed E-state index contributed by atoms with van der Waals surface area (Å²) in [5.74, 6) is -0.549. The van der Waals surface area contributed by atoms with Gasteiger partial charge in [-0.25, -0.2) is 0 Å². The van der Waals surface area contributed by atoms with Crippen molar-refractivity contribution in [3.63, 3.8) is 0 Å². The monoisotopic (exact) mass is 396 g/mol. The third kappa shape index (κ3) is 5.54. The molecule has 0 unspecified atom stereocenters. The molecule has 5 heteroatoms. The van der Waals surface area contributed by atoms with Crippen LogP contribution in [0.1, 0.15) is 74.1 Å². The molecule has 0 amide bonds. The SMILES string of the molecule is C=C1C(C)(C)CC[C@@H](O[Si](C)(C)C(C)(C)C)[C@]1(C)CC(=O)CC(=O)OCC. The molecule has 0 N–H and O–H groups in total. The van der Waals surface area contributed by atoms with Crippen molar-refractivity contribution in [2.45, 2.75) is 98.4 Å². The fourth-order valence-corrected chi connectivity index (χ4v) is 5.16. The summed E-state index contributed by atoms with van der Waals surface area (Å²) in [6.45, 7) is 24.1. The largest absolute Gasteiger partial charge is 0.466 e. The molecule has 0 aromatic carbocycles. The Balaban J connectivity index is 3.13. The zero-order chi connectivity index (χ0) is 21.3. The molecular weight excluding hydrogens is 356 g/mol. The van der Waals surface area contributed by atoms with Crippen LogP contribution in [0.2, 0.25) is 18.1 Å². The predicted octanol–water partition coefficient (Wildman–Crippen LogP) is 5.67. The van der Waals surface area contributed by atoms with Gasteiger partial charge in [0.15, 0.2) is 8.32 Å². The minimum atomic E-state index is -2.00. The number of hydrogen-bond donors (Lipinski definition) is 0. The third-order valence-electron chi connectivity index (χ3n) is 6.70. The van der Waals surface area contributed by atoms with Crippen molar-refractivity contribution in [3.05, 3.63) is 12.2 Å². The Morgan fingerprint density at radius 2 is 1.78 bits per heavy atom. The molecule has 27 heavy (non-hydrogen) atoms. The Bertz CT molecular complexity index is 586. The number of rotatable bonds is 7. The third-order valence-corrected chi connectivity index (χ3v) is 11.2. The van der Waals surface area contributed by atoms with Crippen LogP contribution >= 0.6 is 0 Å². The molecule has 0 bridgehead atoms. The van der Waals surface area contributed by atoms with E-state index in [9.17, 15) is 9.59 Å². The average Bonchev–Trinajstić information content (AvgIpc) is 2.47. The Labute approximate surface area is 167 Å². The van der Waals surface area contributed by atoms with Crippen molar-refractivity contribution in [1.29, 1.82) is 0 Å². The highest BCUT2D eigenvalue weighted by atomic mass is 28.4. The minimum Gasteiger partial charge on any atom is -0.466 e. The molecule has 0 aromatic rings. The summed E-state index contributed by atoms with van der Waals surface area (Å²) >= 11 is 0. The summed E-state index contributed by atoms with van der Waals surface area (Å²) in [5, 5.41) is 0.0944. The molecule has 1 rings (SSSR count). The number of ketones is 1. The highest BCUT2D eigenvalue weighted by Gasteiger charge is 2.51. The summed E-state index contributed by atoms with van der Waals surface area (Å²) in [6, 6.07) is 0. The van der Waals surface area contributed by atoms with Gasteiger partial charge in [0, 0.05) is 11.8 Å². The molecule has 2 atom stereocenters. The van der Waals surface area contributed by atoms with Gasteiger partial charge in [0.25, 0.3) is 0 Å². The lowest BCUT2D eigenvalue weighted by atomic mass is 9.58. The minimum absolute atomic E-state index is 0.0494. The maximum absolute atomic E-state index is 12.7. The molecule has 0 heterocycles. The van der Waals surface area contributed by atoms with Gasteiger partial charge in [0.2, 0.25) is 0 Å². The van der Waals surface area contributed by atoms with Gasteiger partial charge < -0.3 is 9.16 Å². The van der Waals surface area contributed by atoms with Crippen LogP contribution in [0.4, 0.5) is 0 Å². The van der Waals surface area contributed by atoms with Crippen LogP contribution in [-0.4, -0.2) is 32.8 Å². The molecule has 1 aliphatic rings. The van der Waals surface area contributed by atoms with Crippen molar-refractivity contribution < 1.29 is 18.8 Å². The molecule has 0 saturated heterocycles. The number of Topliss-reactive ketones (excluding diaryl/α,β-unsaturated/α-hetero) is 1. The first-order valence-corrected chi connectivity index (χ1v) is 13.0. The topological polar surface area (TPSA) is 52.6 Å². The number of esters is 1. The molecule has 0 aliphatic heterocycles. The highest BCUT2D eigenvalue weighted by Crippen LogP contribution is 2.54. The van der Waals surface area contributed by atoms with Gasteiger partial charge in [-0.3, -0.25) is 9.59 Å². The van der Waals surface area contributed by atoms with E-state index in [2.05, 4.69) is 61.2 Å². The van der Waals surface area contributed by atoms with Gasteiger partial charge in [-0.05, 0) is 43.3 Å². The summed E-state index contributed by atoms with van der Waals surface area (Å²) in [4.78, 5) is 24.4. The van der Waals surface area contributed by atoms with Crippen molar-refractivity contribution in [2.24, 2.45) is 10.8 Å². The van der Waals surface area contributed by atoms with Crippen molar-refractivity contribution in [1.82, 2.24) is 0 Å².